The molecule has 1 amide bonds. The SMILES string of the molecule is C=CC(=O)N1CCCC(NC(c2cnc[nH]2)c2nnnn2-c2c(C)cccc2CC)C1. The van der Waals surface area contributed by atoms with Crippen molar-refractivity contribution in [1.29, 1.82) is 0 Å². The van der Waals surface area contributed by atoms with Gasteiger partial charge >= 0.3 is 0 Å². The summed E-state index contributed by atoms with van der Waals surface area (Å²) in [5, 5.41) is 16.4. The average Bonchev–Trinajstić information content (AvgIpc) is 3.49. The number of benzene rings is 1. The maximum atomic E-state index is 12.1. The van der Waals surface area contributed by atoms with Crippen LogP contribution >= 0.6 is 0 Å². The summed E-state index contributed by atoms with van der Waals surface area (Å²) in [4.78, 5) is 21.4. The first kappa shape index (κ1) is 20.9. The van der Waals surface area contributed by atoms with Crippen molar-refractivity contribution >= 4 is 5.91 Å². The standard InChI is InChI=1S/C22H28N8O/c1-4-16-9-6-8-15(3)21(16)30-22(26-27-28-30)20(18-12-23-14-24-18)25-17-10-7-11-29(13-17)19(31)5-2/h5-6,8-9,12,14,17,20,25H,2,4,7,10-11,13H2,1,3H3,(H,23,24). The first-order chi connectivity index (χ1) is 15.1. The largest absolute Gasteiger partial charge is 0.347 e. The molecule has 2 N–H and O–H groups in total. The molecule has 3 aromatic rings. The van der Waals surface area contributed by atoms with Crippen molar-refractivity contribution in [2.24, 2.45) is 0 Å². The number of para-hydroxylation sites is 1. The number of likely N-dealkylation sites (tertiary alicyclic amines) is 1. The van der Waals surface area contributed by atoms with E-state index in [2.05, 4.69) is 69.4 Å². The topological polar surface area (TPSA) is 105 Å². The molecule has 2 unspecified atom stereocenters. The van der Waals surface area contributed by atoms with Crippen LogP contribution in [0.1, 0.15) is 48.5 Å². The zero-order valence-corrected chi connectivity index (χ0v) is 18.0. The van der Waals surface area contributed by atoms with E-state index in [9.17, 15) is 4.79 Å². The van der Waals surface area contributed by atoms with E-state index in [4.69, 9.17) is 0 Å². The molecular formula is C22H28N8O. The second-order valence-corrected chi connectivity index (χ2v) is 7.82. The number of nitrogens with zero attached hydrogens (tertiary/aromatic N) is 6. The van der Waals surface area contributed by atoms with E-state index in [1.807, 2.05) is 9.58 Å². The Bertz CT molecular complexity index is 1040. The predicted octanol–water partition coefficient (Wildman–Crippen LogP) is 2.11. The van der Waals surface area contributed by atoms with E-state index in [0.29, 0.717) is 12.4 Å². The minimum atomic E-state index is -0.300. The number of H-pyrrole nitrogens is 1. The summed E-state index contributed by atoms with van der Waals surface area (Å²) in [6.07, 6.45) is 7.56. The first-order valence-electron chi connectivity index (χ1n) is 10.6. The Morgan fingerprint density at radius 3 is 3.06 bits per heavy atom. The summed E-state index contributed by atoms with van der Waals surface area (Å²) in [7, 11) is 0. The third-order valence-electron chi connectivity index (χ3n) is 5.81. The van der Waals surface area contributed by atoms with Crippen LogP contribution in [0.25, 0.3) is 5.69 Å². The lowest BCUT2D eigenvalue weighted by atomic mass is 10.0. The highest BCUT2D eigenvalue weighted by atomic mass is 16.2. The molecule has 31 heavy (non-hydrogen) atoms. The third kappa shape index (κ3) is 4.27. The molecule has 1 aliphatic rings. The molecule has 0 spiro atoms. The van der Waals surface area contributed by atoms with Gasteiger partial charge in [-0.25, -0.2) is 4.98 Å². The van der Waals surface area contributed by atoms with Gasteiger partial charge in [0.1, 0.15) is 6.04 Å². The van der Waals surface area contributed by atoms with Crippen LogP contribution in [0.15, 0.2) is 43.4 Å². The number of nitrogens with one attached hydrogen (secondary N) is 2. The Morgan fingerprint density at radius 2 is 2.32 bits per heavy atom. The number of aryl methyl sites for hydroxylation is 2. The molecule has 1 aliphatic heterocycles. The van der Waals surface area contributed by atoms with E-state index in [0.717, 1.165) is 42.8 Å². The van der Waals surface area contributed by atoms with E-state index < -0.39 is 0 Å². The fourth-order valence-electron chi connectivity index (χ4n) is 4.25. The molecule has 162 valence electrons. The van der Waals surface area contributed by atoms with Gasteiger partial charge in [-0.1, -0.05) is 31.7 Å². The lowest BCUT2D eigenvalue weighted by Gasteiger charge is -2.34. The zero-order chi connectivity index (χ0) is 21.8. The molecule has 9 nitrogen and oxygen atoms in total. The van der Waals surface area contributed by atoms with Crippen LogP contribution in [0.5, 0.6) is 0 Å². The minimum absolute atomic E-state index is 0.0399. The quantitative estimate of drug-likeness (QED) is 0.567. The number of carbonyl (C=O) groups excluding carboxylic acids is 1. The number of aromatic amines is 1. The number of tetrazole rings is 1. The van der Waals surface area contributed by atoms with Crippen LogP contribution in [-0.2, 0) is 11.2 Å². The van der Waals surface area contributed by atoms with Crippen molar-refractivity contribution in [2.75, 3.05) is 13.1 Å². The van der Waals surface area contributed by atoms with Gasteiger partial charge in [0.05, 0.1) is 17.7 Å². The van der Waals surface area contributed by atoms with Crippen molar-refractivity contribution < 1.29 is 4.79 Å². The molecule has 0 bridgehead atoms. The highest BCUT2D eigenvalue weighted by molar-refractivity contribution is 5.87. The molecule has 4 rings (SSSR count). The molecule has 1 aromatic carbocycles. The fourth-order valence-corrected chi connectivity index (χ4v) is 4.25. The highest BCUT2D eigenvalue weighted by Crippen LogP contribution is 2.26. The molecule has 1 saturated heterocycles. The number of aromatic nitrogens is 6. The maximum absolute atomic E-state index is 12.1. The fraction of sp³-hybridized carbons (Fsp3) is 0.409. The van der Waals surface area contributed by atoms with E-state index >= 15 is 0 Å². The Labute approximate surface area is 181 Å². The van der Waals surface area contributed by atoms with Crippen LogP contribution < -0.4 is 5.32 Å². The Hall–Kier alpha value is -3.33. The normalized spacial score (nSPS) is 17.5. The summed E-state index contributed by atoms with van der Waals surface area (Å²) in [5.74, 6) is 0.641. The molecule has 3 heterocycles. The number of carbonyl (C=O) groups is 1. The molecule has 1 fully saturated rings. The van der Waals surface area contributed by atoms with Crippen LogP contribution in [0.4, 0.5) is 0 Å². The molecule has 0 aliphatic carbocycles. The smallest absolute Gasteiger partial charge is 0.246 e. The van der Waals surface area contributed by atoms with Crippen LogP contribution in [-0.4, -0.2) is 60.1 Å². The van der Waals surface area contributed by atoms with Crippen molar-refractivity contribution in [3.63, 3.8) is 0 Å². The number of amides is 1. The van der Waals surface area contributed by atoms with Crippen LogP contribution in [0.2, 0.25) is 0 Å². The van der Waals surface area contributed by atoms with Gasteiger partial charge in [-0.3, -0.25) is 10.1 Å². The van der Waals surface area contributed by atoms with E-state index in [-0.39, 0.29) is 18.0 Å². The van der Waals surface area contributed by atoms with Gasteiger partial charge in [0.25, 0.3) is 0 Å². The summed E-state index contributed by atoms with van der Waals surface area (Å²) in [5.41, 5.74) is 4.16. The first-order valence-corrected chi connectivity index (χ1v) is 10.6. The molecule has 2 aromatic heterocycles. The van der Waals surface area contributed by atoms with Gasteiger partial charge in [0.15, 0.2) is 5.82 Å². The van der Waals surface area contributed by atoms with Gasteiger partial charge in [-0.15, -0.1) is 5.10 Å². The van der Waals surface area contributed by atoms with E-state index in [1.54, 1.807) is 12.5 Å². The second-order valence-electron chi connectivity index (χ2n) is 7.82. The van der Waals surface area contributed by atoms with Crippen LogP contribution in [0.3, 0.4) is 0 Å². The number of rotatable bonds is 7. The number of hydrogen-bond donors (Lipinski definition) is 2. The van der Waals surface area contributed by atoms with E-state index in [1.165, 1.54) is 11.6 Å². The highest BCUT2D eigenvalue weighted by Gasteiger charge is 2.30. The lowest BCUT2D eigenvalue weighted by molar-refractivity contribution is -0.127. The zero-order valence-electron chi connectivity index (χ0n) is 18.0. The summed E-state index contributed by atoms with van der Waals surface area (Å²) >= 11 is 0. The Kier molecular flexibility index (Phi) is 6.22. The molecular weight excluding hydrogens is 392 g/mol. The van der Waals surface area contributed by atoms with Crippen molar-refractivity contribution in [3.8, 4) is 5.69 Å². The van der Waals surface area contributed by atoms with Crippen molar-refractivity contribution in [3.05, 3.63) is 66.0 Å². The van der Waals surface area contributed by atoms with Crippen LogP contribution in [0, 0.1) is 6.92 Å². The third-order valence-corrected chi connectivity index (χ3v) is 5.81. The number of imidazole rings is 1. The second kappa shape index (κ2) is 9.22. The molecule has 2 atom stereocenters. The summed E-state index contributed by atoms with van der Waals surface area (Å²) in [6.45, 7) is 9.17. The number of piperidine rings is 1. The van der Waals surface area contributed by atoms with Gasteiger partial charge < -0.3 is 9.88 Å². The lowest BCUT2D eigenvalue weighted by Crippen LogP contribution is -2.49. The predicted molar refractivity (Wildman–Crippen MR) is 117 cm³/mol. The Morgan fingerprint density at radius 1 is 1.45 bits per heavy atom. The minimum Gasteiger partial charge on any atom is -0.347 e. The molecule has 0 saturated carbocycles. The van der Waals surface area contributed by atoms with Crippen molar-refractivity contribution in [2.45, 2.75) is 45.2 Å². The van der Waals surface area contributed by atoms with Gasteiger partial charge in [0.2, 0.25) is 5.91 Å². The monoisotopic (exact) mass is 420 g/mol. The summed E-state index contributed by atoms with van der Waals surface area (Å²) < 4.78 is 1.82. The summed E-state index contributed by atoms with van der Waals surface area (Å²) in [6, 6.07) is 6.02. The maximum Gasteiger partial charge on any atom is 0.246 e. The number of hydrogen-bond acceptors (Lipinski definition) is 6. The van der Waals surface area contributed by atoms with Crippen molar-refractivity contribution in [1.82, 2.24) is 40.4 Å². The van der Waals surface area contributed by atoms with Gasteiger partial charge in [0, 0.05) is 25.3 Å². The van der Waals surface area contributed by atoms with Gasteiger partial charge in [-0.05, 0) is 53.8 Å². The molecule has 0 radical (unpaired) electrons. The molecule has 9 heteroatoms. The van der Waals surface area contributed by atoms with Gasteiger partial charge in [-0.2, -0.15) is 4.68 Å². The average molecular weight is 421 g/mol. The Balaban J connectivity index is 1.70.